The molecule has 21 heavy (non-hydrogen) atoms. The van der Waals surface area contributed by atoms with Crippen molar-refractivity contribution in [2.75, 3.05) is 5.73 Å². The van der Waals surface area contributed by atoms with E-state index in [-0.39, 0.29) is 5.91 Å². The van der Waals surface area contributed by atoms with E-state index in [0.29, 0.717) is 17.4 Å². The highest BCUT2D eigenvalue weighted by Crippen LogP contribution is 2.27. The van der Waals surface area contributed by atoms with Gasteiger partial charge >= 0.3 is 0 Å². The number of aromatic amines is 1. The van der Waals surface area contributed by atoms with E-state index in [1.807, 2.05) is 24.3 Å². The predicted molar refractivity (Wildman–Crippen MR) is 86.2 cm³/mol. The van der Waals surface area contributed by atoms with Crippen LogP contribution in [0.25, 0.3) is 10.9 Å². The standard InChI is InChI=1S/C17H23N3O/c1-2-11-6-8-13(9-7-11)19-17(21)15-10-12-4-3-5-14(18)16(12)20-15/h3-5,10-11,13,20H,2,6-9,18H2,1H3,(H,19,21). The molecule has 2 aromatic rings. The summed E-state index contributed by atoms with van der Waals surface area (Å²) in [5.41, 5.74) is 8.04. The number of carbonyl (C=O) groups is 1. The summed E-state index contributed by atoms with van der Waals surface area (Å²) < 4.78 is 0. The van der Waals surface area contributed by atoms with Crippen molar-refractivity contribution in [2.45, 2.75) is 45.1 Å². The molecule has 1 saturated carbocycles. The molecule has 4 heteroatoms. The van der Waals surface area contributed by atoms with Crippen LogP contribution in [0.4, 0.5) is 5.69 Å². The molecule has 3 rings (SSSR count). The molecule has 0 aliphatic heterocycles. The summed E-state index contributed by atoms with van der Waals surface area (Å²) in [6, 6.07) is 7.89. The molecule has 0 spiro atoms. The minimum absolute atomic E-state index is 0.0226. The molecule has 1 amide bonds. The minimum Gasteiger partial charge on any atom is -0.397 e. The highest BCUT2D eigenvalue weighted by Gasteiger charge is 2.22. The van der Waals surface area contributed by atoms with Crippen LogP contribution in [0.5, 0.6) is 0 Å². The van der Waals surface area contributed by atoms with Crippen molar-refractivity contribution < 1.29 is 4.79 Å². The number of anilines is 1. The lowest BCUT2D eigenvalue weighted by Gasteiger charge is -2.28. The topological polar surface area (TPSA) is 70.9 Å². The van der Waals surface area contributed by atoms with Crippen molar-refractivity contribution in [1.29, 1.82) is 0 Å². The molecule has 0 radical (unpaired) electrons. The van der Waals surface area contributed by atoms with Gasteiger partial charge in [0.05, 0.1) is 11.2 Å². The van der Waals surface area contributed by atoms with E-state index in [4.69, 9.17) is 5.73 Å². The van der Waals surface area contributed by atoms with Gasteiger partial charge in [-0.2, -0.15) is 0 Å². The Morgan fingerprint density at radius 2 is 2.10 bits per heavy atom. The van der Waals surface area contributed by atoms with Crippen LogP contribution in [-0.2, 0) is 0 Å². The van der Waals surface area contributed by atoms with Crippen LogP contribution in [0.15, 0.2) is 24.3 Å². The van der Waals surface area contributed by atoms with Crippen LogP contribution in [0, 0.1) is 5.92 Å². The van der Waals surface area contributed by atoms with E-state index >= 15 is 0 Å². The van der Waals surface area contributed by atoms with E-state index in [9.17, 15) is 4.79 Å². The van der Waals surface area contributed by atoms with Gasteiger partial charge in [0.2, 0.25) is 0 Å². The zero-order chi connectivity index (χ0) is 14.8. The Morgan fingerprint density at radius 3 is 2.76 bits per heavy atom. The lowest BCUT2D eigenvalue weighted by Crippen LogP contribution is -2.37. The van der Waals surface area contributed by atoms with E-state index in [1.165, 1.54) is 19.3 Å². The number of carbonyl (C=O) groups excluding carboxylic acids is 1. The molecule has 1 heterocycles. The largest absolute Gasteiger partial charge is 0.397 e. The summed E-state index contributed by atoms with van der Waals surface area (Å²) in [4.78, 5) is 15.5. The lowest BCUT2D eigenvalue weighted by molar-refractivity contribution is 0.0917. The van der Waals surface area contributed by atoms with E-state index in [2.05, 4.69) is 17.2 Å². The first-order chi connectivity index (χ1) is 10.2. The van der Waals surface area contributed by atoms with Gasteiger partial charge in [0.15, 0.2) is 0 Å². The van der Waals surface area contributed by atoms with Gasteiger partial charge in [-0.15, -0.1) is 0 Å². The molecular formula is C17H23N3O. The molecule has 1 aliphatic carbocycles. The average molecular weight is 285 g/mol. The smallest absolute Gasteiger partial charge is 0.267 e. The summed E-state index contributed by atoms with van der Waals surface area (Å²) in [6.45, 7) is 2.25. The fraction of sp³-hybridized carbons (Fsp3) is 0.471. The second-order valence-electron chi connectivity index (χ2n) is 6.09. The zero-order valence-electron chi connectivity index (χ0n) is 12.5. The lowest BCUT2D eigenvalue weighted by atomic mass is 9.84. The Hall–Kier alpha value is -1.97. The van der Waals surface area contributed by atoms with Gasteiger partial charge in [-0.1, -0.05) is 25.5 Å². The van der Waals surface area contributed by atoms with E-state index in [1.54, 1.807) is 0 Å². The first kappa shape index (κ1) is 14.0. The second kappa shape index (κ2) is 5.80. The van der Waals surface area contributed by atoms with Crippen LogP contribution < -0.4 is 11.1 Å². The second-order valence-corrected chi connectivity index (χ2v) is 6.09. The molecule has 112 valence electrons. The summed E-state index contributed by atoms with van der Waals surface area (Å²) in [5.74, 6) is 0.816. The predicted octanol–water partition coefficient (Wildman–Crippen LogP) is 3.45. The molecule has 1 aromatic carbocycles. The molecule has 1 aromatic heterocycles. The van der Waals surface area contributed by atoms with Crippen LogP contribution >= 0.6 is 0 Å². The third kappa shape index (κ3) is 2.89. The van der Waals surface area contributed by atoms with E-state index in [0.717, 1.165) is 29.7 Å². The Labute approximate surface area is 125 Å². The third-order valence-corrected chi connectivity index (χ3v) is 4.69. The number of fused-ring (bicyclic) bond motifs is 1. The monoisotopic (exact) mass is 285 g/mol. The number of H-pyrrole nitrogens is 1. The fourth-order valence-corrected chi connectivity index (χ4v) is 3.28. The van der Waals surface area contributed by atoms with Gasteiger partial charge < -0.3 is 16.0 Å². The first-order valence-corrected chi connectivity index (χ1v) is 7.85. The third-order valence-electron chi connectivity index (χ3n) is 4.69. The van der Waals surface area contributed by atoms with Crippen LogP contribution in [-0.4, -0.2) is 16.9 Å². The van der Waals surface area contributed by atoms with Gasteiger partial charge in [-0.05, 0) is 43.7 Å². The number of para-hydroxylation sites is 1. The summed E-state index contributed by atoms with van der Waals surface area (Å²) in [5, 5.41) is 4.13. The Morgan fingerprint density at radius 1 is 1.33 bits per heavy atom. The molecule has 0 atom stereocenters. The molecule has 0 unspecified atom stereocenters. The number of benzene rings is 1. The Balaban J connectivity index is 1.68. The van der Waals surface area contributed by atoms with Crippen LogP contribution in [0.2, 0.25) is 0 Å². The van der Waals surface area contributed by atoms with Gasteiger partial charge in [0.1, 0.15) is 5.69 Å². The minimum atomic E-state index is -0.0226. The van der Waals surface area contributed by atoms with Crippen LogP contribution in [0.3, 0.4) is 0 Å². The number of amides is 1. The molecular weight excluding hydrogens is 262 g/mol. The number of hydrogen-bond donors (Lipinski definition) is 3. The number of aromatic nitrogens is 1. The molecule has 1 fully saturated rings. The number of nitrogens with one attached hydrogen (secondary N) is 2. The molecule has 1 aliphatic rings. The van der Waals surface area contributed by atoms with Crippen molar-refractivity contribution in [3.05, 3.63) is 30.0 Å². The van der Waals surface area contributed by atoms with Gasteiger partial charge in [0.25, 0.3) is 5.91 Å². The number of rotatable bonds is 3. The quantitative estimate of drug-likeness (QED) is 0.756. The van der Waals surface area contributed by atoms with Crippen molar-refractivity contribution in [2.24, 2.45) is 5.92 Å². The number of nitrogen functional groups attached to an aromatic ring is 1. The molecule has 4 N–H and O–H groups in total. The van der Waals surface area contributed by atoms with Gasteiger partial charge in [0, 0.05) is 11.4 Å². The van der Waals surface area contributed by atoms with Crippen molar-refractivity contribution in [3.63, 3.8) is 0 Å². The number of hydrogen-bond acceptors (Lipinski definition) is 2. The number of nitrogens with two attached hydrogens (primary N) is 1. The van der Waals surface area contributed by atoms with E-state index < -0.39 is 0 Å². The summed E-state index contributed by atoms with van der Waals surface area (Å²) >= 11 is 0. The van der Waals surface area contributed by atoms with Crippen LogP contribution in [0.1, 0.15) is 49.5 Å². The maximum atomic E-state index is 12.4. The maximum Gasteiger partial charge on any atom is 0.267 e. The van der Waals surface area contributed by atoms with Crippen molar-refractivity contribution in [1.82, 2.24) is 10.3 Å². The molecule has 4 nitrogen and oxygen atoms in total. The SMILES string of the molecule is CCC1CCC(NC(=O)c2cc3cccc(N)c3[nH]2)CC1. The summed E-state index contributed by atoms with van der Waals surface area (Å²) in [6.07, 6.45) is 5.88. The van der Waals surface area contributed by atoms with Gasteiger partial charge in [-0.3, -0.25) is 4.79 Å². The highest BCUT2D eigenvalue weighted by molar-refractivity contribution is 6.00. The zero-order valence-corrected chi connectivity index (χ0v) is 12.5. The normalized spacial score (nSPS) is 22.3. The van der Waals surface area contributed by atoms with Gasteiger partial charge in [-0.25, -0.2) is 0 Å². The fourth-order valence-electron chi connectivity index (χ4n) is 3.28. The first-order valence-electron chi connectivity index (χ1n) is 7.85. The molecule has 0 bridgehead atoms. The molecule has 0 saturated heterocycles. The van der Waals surface area contributed by atoms with Crippen molar-refractivity contribution >= 4 is 22.5 Å². The maximum absolute atomic E-state index is 12.4. The van der Waals surface area contributed by atoms with Crippen molar-refractivity contribution in [3.8, 4) is 0 Å². The average Bonchev–Trinajstić information content (AvgIpc) is 2.94. The summed E-state index contributed by atoms with van der Waals surface area (Å²) in [7, 11) is 0. The highest BCUT2D eigenvalue weighted by atomic mass is 16.1. The Bertz CT molecular complexity index is 639. The Kier molecular flexibility index (Phi) is 3.86.